The second-order valence-corrected chi connectivity index (χ2v) is 5.90. The smallest absolute Gasteiger partial charge is 0.147 e. The van der Waals surface area contributed by atoms with Gasteiger partial charge in [-0.3, -0.25) is 9.67 Å². The number of aryl methyl sites for hydroxylation is 1. The van der Waals surface area contributed by atoms with Crippen LogP contribution < -0.4 is 4.90 Å². The summed E-state index contributed by atoms with van der Waals surface area (Å²) in [7, 11) is 0. The highest BCUT2D eigenvalue weighted by atomic mass is 16.3. The Morgan fingerprint density at radius 2 is 2.14 bits per heavy atom. The van der Waals surface area contributed by atoms with E-state index in [1.165, 1.54) is 0 Å². The first-order valence-corrected chi connectivity index (χ1v) is 7.57. The Kier molecular flexibility index (Phi) is 3.11. The number of aliphatic hydroxyl groups is 1. The van der Waals surface area contributed by atoms with Crippen molar-refractivity contribution in [2.75, 3.05) is 11.4 Å². The molecule has 110 valence electrons. The predicted molar refractivity (Wildman–Crippen MR) is 77.6 cm³/mol. The molecule has 1 aliphatic heterocycles. The fraction of sp³-hybridized carbons (Fsp3) is 0.533. The summed E-state index contributed by atoms with van der Waals surface area (Å²) in [5, 5.41) is 14.9. The van der Waals surface area contributed by atoms with Crippen LogP contribution in [0.1, 0.15) is 36.8 Å². The maximum absolute atomic E-state index is 10.3. The van der Waals surface area contributed by atoms with Gasteiger partial charge in [0.05, 0.1) is 24.1 Å². The molecule has 0 saturated heterocycles. The molecule has 0 unspecified atom stereocenters. The number of aromatic nitrogens is 4. The van der Waals surface area contributed by atoms with Crippen LogP contribution in [0.3, 0.4) is 0 Å². The third-order valence-electron chi connectivity index (χ3n) is 4.28. The summed E-state index contributed by atoms with van der Waals surface area (Å²) in [5.41, 5.74) is 1.97. The molecule has 2 aromatic rings. The van der Waals surface area contributed by atoms with E-state index in [9.17, 15) is 5.11 Å². The zero-order chi connectivity index (χ0) is 14.2. The SMILES string of the molecule is O[C@H](c1cc2n(n1)CCCN(c1cnccn1)C2)C1CC1. The third kappa shape index (κ3) is 2.51. The van der Waals surface area contributed by atoms with E-state index in [4.69, 9.17) is 0 Å². The van der Waals surface area contributed by atoms with Crippen LogP contribution in [0, 0.1) is 5.92 Å². The number of nitrogens with zero attached hydrogens (tertiary/aromatic N) is 5. The molecule has 3 heterocycles. The molecule has 2 aliphatic rings. The maximum Gasteiger partial charge on any atom is 0.147 e. The number of hydrogen-bond donors (Lipinski definition) is 1. The minimum absolute atomic E-state index is 0.394. The van der Waals surface area contributed by atoms with Crippen LogP contribution in [0.15, 0.2) is 24.7 Å². The summed E-state index contributed by atoms with van der Waals surface area (Å²) in [6, 6.07) is 2.05. The van der Waals surface area contributed by atoms with Crippen LogP contribution in [-0.2, 0) is 13.1 Å². The van der Waals surface area contributed by atoms with E-state index in [-0.39, 0.29) is 0 Å². The lowest BCUT2D eigenvalue weighted by Crippen LogP contribution is -2.23. The Morgan fingerprint density at radius 3 is 2.90 bits per heavy atom. The summed E-state index contributed by atoms with van der Waals surface area (Å²) in [6.45, 7) is 2.61. The van der Waals surface area contributed by atoms with Gasteiger partial charge < -0.3 is 10.0 Å². The lowest BCUT2D eigenvalue weighted by molar-refractivity contribution is 0.148. The van der Waals surface area contributed by atoms with Crippen LogP contribution >= 0.6 is 0 Å². The molecule has 1 atom stereocenters. The van der Waals surface area contributed by atoms with Gasteiger partial charge in [0.1, 0.15) is 11.9 Å². The zero-order valence-electron chi connectivity index (χ0n) is 11.9. The van der Waals surface area contributed by atoms with Crippen LogP contribution in [-0.4, -0.2) is 31.4 Å². The second-order valence-electron chi connectivity index (χ2n) is 5.90. The number of hydrogen-bond acceptors (Lipinski definition) is 5. The van der Waals surface area contributed by atoms with Gasteiger partial charge in [-0.2, -0.15) is 5.10 Å². The van der Waals surface area contributed by atoms with Gasteiger partial charge in [-0.15, -0.1) is 0 Å². The van der Waals surface area contributed by atoms with E-state index >= 15 is 0 Å². The van der Waals surface area contributed by atoms with Crippen molar-refractivity contribution < 1.29 is 5.11 Å². The highest BCUT2D eigenvalue weighted by Crippen LogP contribution is 2.40. The normalized spacial score (nSPS) is 20.0. The molecule has 21 heavy (non-hydrogen) atoms. The van der Waals surface area contributed by atoms with E-state index in [1.807, 2.05) is 4.68 Å². The van der Waals surface area contributed by atoms with Gasteiger partial charge in [0.25, 0.3) is 0 Å². The molecule has 2 aromatic heterocycles. The molecular formula is C15H19N5O. The summed E-state index contributed by atoms with van der Waals surface area (Å²) in [6.07, 6.45) is 8.07. The van der Waals surface area contributed by atoms with Crippen molar-refractivity contribution >= 4 is 5.82 Å². The minimum Gasteiger partial charge on any atom is -0.386 e. The Labute approximate surface area is 123 Å². The maximum atomic E-state index is 10.3. The molecule has 1 saturated carbocycles. The Bertz CT molecular complexity index is 622. The van der Waals surface area contributed by atoms with Gasteiger partial charge in [-0.25, -0.2) is 4.98 Å². The van der Waals surface area contributed by atoms with Crippen LogP contribution in [0.5, 0.6) is 0 Å². The number of aliphatic hydroxyl groups excluding tert-OH is 1. The molecule has 0 bridgehead atoms. The Morgan fingerprint density at radius 1 is 1.24 bits per heavy atom. The number of rotatable bonds is 3. The Hall–Kier alpha value is -1.95. The van der Waals surface area contributed by atoms with Crippen molar-refractivity contribution in [1.29, 1.82) is 0 Å². The van der Waals surface area contributed by atoms with Gasteiger partial charge in [0.15, 0.2) is 0 Å². The molecular weight excluding hydrogens is 266 g/mol. The summed E-state index contributed by atoms with van der Waals surface area (Å²) in [5.74, 6) is 1.32. The van der Waals surface area contributed by atoms with Crippen molar-refractivity contribution in [3.05, 3.63) is 36.0 Å². The van der Waals surface area contributed by atoms with E-state index < -0.39 is 6.10 Å². The van der Waals surface area contributed by atoms with Crippen LogP contribution in [0.25, 0.3) is 0 Å². The van der Waals surface area contributed by atoms with Crippen molar-refractivity contribution in [1.82, 2.24) is 19.7 Å². The van der Waals surface area contributed by atoms with Crippen molar-refractivity contribution in [3.8, 4) is 0 Å². The van der Waals surface area contributed by atoms with Gasteiger partial charge in [0, 0.05) is 25.5 Å². The topological polar surface area (TPSA) is 67.1 Å². The lowest BCUT2D eigenvalue weighted by Gasteiger charge is -2.20. The molecule has 6 nitrogen and oxygen atoms in total. The van der Waals surface area contributed by atoms with Gasteiger partial charge in [-0.05, 0) is 31.2 Å². The largest absolute Gasteiger partial charge is 0.386 e. The monoisotopic (exact) mass is 285 g/mol. The molecule has 1 N–H and O–H groups in total. The zero-order valence-corrected chi connectivity index (χ0v) is 11.9. The fourth-order valence-electron chi connectivity index (χ4n) is 2.93. The fourth-order valence-corrected chi connectivity index (χ4v) is 2.93. The van der Waals surface area contributed by atoms with Crippen LogP contribution in [0.4, 0.5) is 5.82 Å². The standard InChI is InChI=1S/C15H19N5O/c21-15(11-2-3-11)13-8-12-10-19(6-1-7-20(12)18-13)14-9-16-4-5-17-14/h4-5,8-9,11,15,21H,1-3,6-7,10H2/t15-/m0/s1. The second kappa shape index (κ2) is 5.11. The van der Waals surface area contributed by atoms with Gasteiger partial charge in [0.2, 0.25) is 0 Å². The Balaban J connectivity index is 1.59. The molecule has 1 aliphatic carbocycles. The highest BCUT2D eigenvalue weighted by Gasteiger charge is 2.33. The first-order chi connectivity index (χ1) is 10.3. The average Bonchev–Trinajstić information content (AvgIpc) is 3.32. The molecule has 4 rings (SSSR count). The first-order valence-electron chi connectivity index (χ1n) is 7.57. The van der Waals surface area contributed by atoms with E-state index in [0.717, 1.165) is 56.1 Å². The number of anilines is 1. The predicted octanol–water partition coefficient (Wildman–Crippen LogP) is 1.53. The van der Waals surface area contributed by atoms with E-state index in [2.05, 4.69) is 26.0 Å². The first kappa shape index (κ1) is 12.8. The van der Waals surface area contributed by atoms with Gasteiger partial charge >= 0.3 is 0 Å². The summed E-state index contributed by atoms with van der Waals surface area (Å²) in [4.78, 5) is 10.7. The van der Waals surface area contributed by atoms with Gasteiger partial charge in [-0.1, -0.05) is 0 Å². The molecule has 0 aromatic carbocycles. The average molecular weight is 285 g/mol. The molecule has 6 heteroatoms. The van der Waals surface area contributed by atoms with Crippen molar-refractivity contribution in [3.63, 3.8) is 0 Å². The van der Waals surface area contributed by atoms with E-state index in [0.29, 0.717) is 5.92 Å². The van der Waals surface area contributed by atoms with Crippen molar-refractivity contribution in [2.24, 2.45) is 5.92 Å². The highest BCUT2D eigenvalue weighted by molar-refractivity contribution is 5.36. The molecule has 1 fully saturated rings. The molecule has 0 spiro atoms. The minimum atomic E-state index is -0.394. The number of fused-ring (bicyclic) bond motifs is 1. The van der Waals surface area contributed by atoms with Crippen molar-refractivity contribution in [2.45, 2.75) is 38.5 Å². The molecule has 0 radical (unpaired) electrons. The summed E-state index contributed by atoms with van der Waals surface area (Å²) < 4.78 is 2.04. The lowest BCUT2D eigenvalue weighted by atomic mass is 10.1. The van der Waals surface area contributed by atoms with Crippen LogP contribution in [0.2, 0.25) is 0 Å². The van der Waals surface area contributed by atoms with E-state index in [1.54, 1.807) is 18.6 Å². The molecule has 0 amide bonds. The summed E-state index contributed by atoms with van der Waals surface area (Å²) >= 11 is 0. The quantitative estimate of drug-likeness (QED) is 0.926. The third-order valence-corrected chi connectivity index (χ3v) is 4.28.